The number of nitrogens with one attached hydrogen (secondary N) is 2. The monoisotopic (exact) mass is 351 g/mol. The molecule has 0 saturated heterocycles. The summed E-state index contributed by atoms with van der Waals surface area (Å²) in [6, 6.07) is 6.88. The summed E-state index contributed by atoms with van der Waals surface area (Å²) in [6.07, 6.45) is 6.07. The zero-order valence-electron chi connectivity index (χ0n) is 13.9. The number of hydrogen-bond acceptors (Lipinski definition) is 3. The molecule has 0 bridgehead atoms. The van der Waals surface area contributed by atoms with Crippen molar-refractivity contribution < 1.29 is 9.59 Å². The molecule has 1 aromatic rings. The molecule has 0 heterocycles. The Labute approximate surface area is 148 Å². The minimum Gasteiger partial charge on any atom is -0.354 e. The Morgan fingerprint density at radius 1 is 1.08 bits per heavy atom. The van der Waals surface area contributed by atoms with Crippen molar-refractivity contribution >= 4 is 23.4 Å². The average Bonchev–Trinajstić information content (AvgIpc) is 2.59. The molecule has 0 unspecified atom stereocenters. The number of benzene rings is 1. The van der Waals surface area contributed by atoms with Gasteiger partial charge in [-0.15, -0.1) is 0 Å². The first-order valence-electron chi connectivity index (χ1n) is 8.56. The highest BCUT2D eigenvalue weighted by Gasteiger charge is 2.32. The van der Waals surface area contributed by atoms with Gasteiger partial charge in [-0.25, -0.2) is 0 Å². The summed E-state index contributed by atoms with van der Waals surface area (Å²) in [5, 5.41) is 6.05. The van der Waals surface area contributed by atoms with E-state index in [4.69, 9.17) is 17.3 Å². The molecule has 2 rings (SSSR count). The maximum absolute atomic E-state index is 12.1. The summed E-state index contributed by atoms with van der Waals surface area (Å²) in [5.74, 6) is -0.227. The van der Waals surface area contributed by atoms with Gasteiger partial charge in [0.2, 0.25) is 5.91 Å². The molecule has 1 aliphatic carbocycles. The number of hydrogen-bond donors (Lipinski definition) is 3. The summed E-state index contributed by atoms with van der Waals surface area (Å²) in [4.78, 5) is 24.1. The highest BCUT2D eigenvalue weighted by molar-refractivity contribution is 6.33. The van der Waals surface area contributed by atoms with Crippen LogP contribution >= 0.6 is 11.6 Å². The molecule has 24 heavy (non-hydrogen) atoms. The van der Waals surface area contributed by atoms with E-state index in [9.17, 15) is 9.59 Å². The van der Waals surface area contributed by atoms with Gasteiger partial charge >= 0.3 is 0 Å². The van der Waals surface area contributed by atoms with Gasteiger partial charge in [0.25, 0.3) is 5.91 Å². The molecule has 1 aromatic carbocycles. The van der Waals surface area contributed by atoms with Crippen molar-refractivity contribution in [2.45, 2.75) is 38.5 Å². The van der Waals surface area contributed by atoms with Gasteiger partial charge in [0.1, 0.15) is 0 Å². The van der Waals surface area contributed by atoms with Gasteiger partial charge in [-0.05, 0) is 36.9 Å². The fraction of sp³-hybridized carbons (Fsp3) is 0.556. The Morgan fingerprint density at radius 2 is 1.75 bits per heavy atom. The van der Waals surface area contributed by atoms with Gasteiger partial charge in [-0.1, -0.05) is 43.0 Å². The third kappa shape index (κ3) is 5.21. The molecule has 0 atom stereocenters. The topological polar surface area (TPSA) is 84.2 Å². The van der Waals surface area contributed by atoms with E-state index in [1.165, 1.54) is 6.42 Å². The predicted octanol–water partition coefficient (Wildman–Crippen LogP) is 2.49. The highest BCUT2D eigenvalue weighted by atomic mass is 35.5. The number of carbonyl (C=O) groups is 2. The normalized spacial score (nSPS) is 16.4. The van der Waals surface area contributed by atoms with E-state index in [1.807, 2.05) is 0 Å². The smallest absolute Gasteiger partial charge is 0.252 e. The second-order valence-electron chi connectivity index (χ2n) is 6.53. The van der Waals surface area contributed by atoms with E-state index >= 15 is 0 Å². The van der Waals surface area contributed by atoms with Crippen LogP contribution in [0.4, 0.5) is 0 Å². The van der Waals surface area contributed by atoms with Crippen LogP contribution in [0.3, 0.4) is 0 Å². The average molecular weight is 352 g/mol. The predicted molar refractivity (Wildman–Crippen MR) is 96.0 cm³/mol. The van der Waals surface area contributed by atoms with Gasteiger partial charge in [0.05, 0.1) is 10.6 Å². The Balaban J connectivity index is 1.71. The van der Waals surface area contributed by atoms with Crippen LogP contribution in [0.1, 0.15) is 48.9 Å². The van der Waals surface area contributed by atoms with Gasteiger partial charge in [-0.2, -0.15) is 0 Å². The maximum Gasteiger partial charge on any atom is 0.252 e. The SMILES string of the molecule is NCC1(CC(=O)NCCNC(=O)c2ccccc2Cl)CCCCC1. The second kappa shape index (κ2) is 9.04. The third-order valence-electron chi connectivity index (χ3n) is 4.73. The molecule has 0 aliphatic heterocycles. The van der Waals surface area contributed by atoms with E-state index in [1.54, 1.807) is 24.3 Å². The summed E-state index contributed by atoms with van der Waals surface area (Å²) in [5.41, 5.74) is 6.31. The quantitative estimate of drug-likeness (QED) is 0.660. The molecular formula is C18H26ClN3O2. The van der Waals surface area contributed by atoms with E-state index < -0.39 is 0 Å². The van der Waals surface area contributed by atoms with Crippen LogP contribution < -0.4 is 16.4 Å². The minimum atomic E-state index is -0.236. The zero-order valence-corrected chi connectivity index (χ0v) is 14.7. The lowest BCUT2D eigenvalue weighted by Gasteiger charge is -2.35. The van der Waals surface area contributed by atoms with Crippen LogP contribution in [0.5, 0.6) is 0 Å². The van der Waals surface area contributed by atoms with Crippen molar-refractivity contribution in [1.29, 1.82) is 0 Å². The van der Waals surface area contributed by atoms with Crippen LogP contribution in [-0.2, 0) is 4.79 Å². The van der Waals surface area contributed by atoms with Gasteiger partial charge in [0.15, 0.2) is 0 Å². The van der Waals surface area contributed by atoms with Crippen LogP contribution in [0.2, 0.25) is 5.02 Å². The first-order valence-corrected chi connectivity index (χ1v) is 8.94. The standard InChI is InChI=1S/C18H26ClN3O2/c19-15-7-3-2-6-14(15)17(24)22-11-10-21-16(23)12-18(13-20)8-4-1-5-9-18/h2-3,6-7H,1,4-5,8-13,20H2,(H,21,23)(H,22,24). The number of nitrogens with two attached hydrogens (primary N) is 1. The lowest BCUT2D eigenvalue weighted by Crippen LogP contribution is -2.40. The van der Waals surface area contributed by atoms with Gasteiger partial charge in [-0.3, -0.25) is 9.59 Å². The molecule has 132 valence electrons. The van der Waals surface area contributed by atoms with Crippen molar-refractivity contribution in [3.63, 3.8) is 0 Å². The van der Waals surface area contributed by atoms with Crippen LogP contribution in [-0.4, -0.2) is 31.4 Å². The molecule has 1 fully saturated rings. The molecule has 4 N–H and O–H groups in total. The summed E-state index contributed by atoms with van der Waals surface area (Å²) in [7, 11) is 0. The Morgan fingerprint density at radius 3 is 2.42 bits per heavy atom. The first kappa shape index (κ1) is 18.7. The summed E-state index contributed by atoms with van der Waals surface area (Å²) in [6.45, 7) is 1.32. The van der Waals surface area contributed by atoms with Crippen molar-refractivity contribution in [2.24, 2.45) is 11.1 Å². The van der Waals surface area contributed by atoms with Gasteiger partial charge < -0.3 is 16.4 Å². The lowest BCUT2D eigenvalue weighted by atomic mass is 9.71. The van der Waals surface area contributed by atoms with E-state index in [-0.39, 0.29) is 17.2 Å². The number of amides is 2. The Hall–Kier alpha value is -1.59. The van der Waals surface area contributed by atoms with E-state index in [0.717, 1.165) is 25.7 Å². The molecular weight excluding hydrogens is 326 g/mol. The van der Waals surface area contributed by atoms with Crippen molar-refractivity contribution in [1.82, 2.24) is 10.6 Å². The molecule has 0 spiro atoms. The molecule has 5 nitrogen and oxygen atoms in total. The zero-order chi connectivity index (χ0) is 17.4. The molecule has 1 saturated carbocycles. The maximum atomic E-state index is 12.1. The highest BCUT2D eigenvalue weighted by Crippen LogP contribution is 2.38. The van der Waals surface area contributed by atoms with Crippen LogP contribution in [0.15, 0.2) is 24.3 Å². The fourth-order valence-electron chi connectivity index (χ4n) is 3.28. The number of carbonyl (C=O) groups excluding carboxylic acids is 2. The van der Waals surface area contributed by atoms with Gasteiger partial charge in [0, 0.05) is 19.5 Å². The lowest BCUT2D eigenvalue weighted by molar-refractivity contribution is -0.123. The summed E-state index contributed by atoms with van der Waals surface area (Å²) >= 11 is 5.98. The molecule has 6 heteroatoms. The second-order valence-corrected chi connectivity index (χ2v) is 6.93. The molecule has 2 amide bonds. The van der Waals surface area contributed by atoms with Crippen LogP contribution in [0.25, 0.3) is 0 Å². The largest absolute Gasteiger partial charge is 0.354 e. The Bertz CT molecular complexity index is 571. The molecule has 1 aliphatic rings. The minimum absolute atomic E-state index is 0.00865. The first-order chi connectivity index (χ1) is 11.6. The number of halogens is 1. The van der Waals surface area contributed by atoms with Crippen molar-refractivity contribution in [3.05, 3.63) is 34.9 Å². The van der Waals surface area contributed by atoms with Crippen molar-refractivity contribution in [2.75, 3.05) is 19.6 Å². The molecule has 0 radical (unpaired) electrons. The van der Waals surface area contributed by atoms with E-state index in [0.29, 0.717) is 36.6 Å². The third-order valence-corrected chi connectivity index (χ3v) is 5.06. The summed E-state index contributed by atoms with van der Waals surface area (Å²) < 4.78 is 0. The van der Waals surface area contributed by atoms with Crippen molar-refractivity contribution in [3.8, 4) is 0 Å². The Kier molecular flexibility index (Phi) is 7.06. The number of rotatable bonds is 7. The fourth-order valence-corrected chi connectivity index (χ4v) is 3.50. The molecule has 0 aromatic heterocycles. The van der Waals surface area contributed by atoms with E-state index in [2.05, 4.69) is 10.6 Å². The van der Waals surface area contributed by atoms with Crippen LogP contribution in [0, 0.1) is 5.41 Å².